The van der Waals surface area contributed by atoms with Gasteiger partial charge < -0.3 is 15.4 Å². The van der Waals surface area contributed by atoms with Crippen LogP contribution in [0.15, 0.2) is 89.1 Å². The minimum Gasteiger partial charge on any atom is -0.484 e. The van der Waals surface area contributed by atoms with E-state index in [9.17, 15) is 9.59 Å². The van der Waals surface area contributed by atoms with Gasteiger partial charge in [0.2, 0.25) is 5.91 Å². The lowest BCUT2D eigenvalue weighted by Gasteiger charge is -2.08. The molecule has 0 saturated heterocycles. The number of aromatic nitrogens is 1. The molecule has 4 aromatic rings. The molecule has 0 radical (unpaired) electrons. The van der Waals surface area contributed by atoms with Crippen LogP contribution in [0.4, 0.5) is 10.8 Å². The van der Waals surface area contributed by atoms with Gasteiger partial charge in [0.25, 0.3) is 5.91 Å². The summed E-state index contributed by atoms with van der Waals surface area (Å²) in [5.41, 5.74) is 2.39. The number of halogens is 1. The zero-order chi connectivity index (χ0) is 23.8. The first-order valence-electron chi connectivity index (χ1n) is 10.3. The number of anilines is 2. The number of para-hydroxylation sites is 1. The molecule has 1 heterocycles. The molecule has 0 atom stereocenters. The van der Waals surface area contributed by atoms with E-state index in [1.165, 1.54) is 23.1 Å². The van der Waals surface area contributed by atoms with Crippen molar-refractivity contribution >= 4 is 57.3 Å². The minimum absolute atomic E-state index is 0.0722. The molecule has 9 heteroatoms. The zero-order valence-corrected chi connectivity index (χ0v) is 20.3. The number of hydrogen-bond donors (Lipinski definition) is 2. The normalized spacial score (nSPS) is 10.5. The number of benzene rings is 3. The number of rotatable bonds is 9. The molecule has 0 spiro atoms. The molecule has 0 aliphatic rings. The number of hydrogen-bond acceptors (Lipinski definition) is 6. The average molecular weight is 510 g/mol. The van der Waals surface area contributed by atoms with Crippen LogP contribution in [0, 0.1) is 0 Å². The fourth-order valence-corrected chi connectivity index (χ4v) is 4.45. The maximum atomic E-state index is 12.3. The maximum absolute atomic E-state index is 12.3. The van der Waals surface area contributed by atoms with Gasteiger partial charge in [-0.1, -0.05) is 41.9 Å². The van der Waals surface area contributed by atoms with Crippen LogP contribution in [0.1, 0.15) is 0 Å². The van der Waals surface area contributed by atoms with Crippen molar-refractivity contribution in [3.05, 3.63) is 89.3 Å². The summed E-state index contributed by atoms with van der Waals surface area (Å²) >= 11 is 8.70. The van der Waals surface area contributed by atoms with Crippen molar-refractivity contribution in [3.63, 3.8) is 0 Å². The molecule has 0 unspecified atom stereocenters. The molecular weight excluding hydrogens is 490 g/mol. The third-order valence-electron chi connectivity index (χ3n) is 4.51. The first-order chi connectivity index (χ1) is 16.5. The summed E-state index contributed by atoms with van der Waals surface area (Å²) in [6.45, 7) is -0.0722. The fraction of sp³-hybridized carbons (Fsp3) is 0.0800. The molecule has 2 amide bonds. The highest BCUT2D eigenvalue weighted by molar-refractivity contribution is 8.00. The van der Waals surface area contributed by atoms with E-state index in [2.05, 4.69) is 15.6 Å². The molecule has 0 aliphatic carbocycles. The third kappa shape index (κ3) is 7.08. The number of thiazole rings is 1. The Balaban J connectivity index is 1.21. The lowest BCUT2D eigenvalue weighted by atomic mass is 10.2. The summed E-state index contributed by atoms with van der Waals surface area (Å²) in [7, 11) is 0. The van der Waals surface area contributed by atoms with Gasteiger partial charge in [-0.05, 0) is 48.5 Å². The largest absolute Gasteiger partial charge is 0.484 e. The predicted octanol–water partition coefficient (Wildman–Crippen LogP) is 6.21. The summed E-state index contributed by atoms with van der Waals surface area (Å²) in [6.07, 6.45) is 0. The Morgan fingerprint density at radius 2 is 1.65 bits per heavy atom. The van der Waals surface area contributed by atoms with Crippen LogP contribution in [-0.4, -0.2) is 29.2 Å². The van der Waals surface area contributed by atoms with Gasteiger partial charge in [0.1, 0.15) is 5.75 Å². The van der Waals surface area contributed by atoms with E-state index in [1.807, 2.05) is 47.8 Å². The maximum Gasteiger partial charge on any atom is 0.262 e. The standard InChI is InChI=1S/C25H20ClN3O3S2/c26-18-8-6-17(7-9-18)22-15-34-25(28-22)29-24(31)16-33-21-12-10-19(11-13-21)27-23(30)14-32-20-4-2-1-3-5-20/h1-13,15H,14,16H2,(H,27,30)(H,28,29,31). The summed E-state index contributed by atoms with van der Waals surface area (Å²) < 4.78 is 5.44. The first kappa shape index (κ1) is 23.8. The van der Waals surface area contributed by atoms with Gasteiger partial charge in [0, 0.05) is 26.5 Å². The number of carbonyl (C=O) groups excluding carboxylic acids is 2. The van der Waals surface area contributed by atoms with Crippen molar-refractivity contribution in [2.45, 2.75) is 4.90 Å². The van der Waals surface area contributed by atoms with Crippen LogP contribution in [0.5, 0.6) is 5.75 Å². The van der Waals surface area contributed by atoms with Crippen LogP contribution >= 0.6 is 34.7 Å². The Morgan fingerprint density at radius 3 is 2.38 bits per heavy atom. The lowest BCUT2D eigenvalue weighted by Crippen LogP contribution is -2.20. The molecule has 6 nitrogen and oxygen atoms in total. The Hall–Kier alpha value is -3.33. The molecule has 4 rings (SSSR count). The lowest BCUT2D eigenvalue weighted by molar-refractivity contribution is -0.118. The van der Waals surface area contributed by atoms with Crippen LogP contribution in [-0.2, 0) is 9.59 Å². The Labute approximate surface area is 210 Å². The number of ether oxygens (including phenoxy) is 1. The molecule has 2 N–H and O–H groups in total. The SMILES string of the molecule is O=C(COc1ccccc1)Nc1ccc(SCC(=O)Nc2nc(-c3ccc(Cl)cc3)cs2)cc1. The van der Waals surface area contributed by atoms with Crippen molar-refractivity contribution in [3.8, 4) is 17.0 Å². The highest BCUT2D eigenvalue weighted by Gasteiger charge is 2.09. The van der Waals surface area contributed by atoms with Gasteiger partial charge in [-0.3, -0.25) is 9.59 Å². The van der Waals surface area contributed by atoms with E-state index in [0.717, 1.165) is 16.2 Å². The van der Waals surface area contributed by atoms with Gasteiger partial charge in [-0.15, -0.1) is 23.1 Å². The van der Waals surface area contributed by atoms with Crippen LogP contribution in [0.2, 0.25) is 5.02 Å². The summed E-state index contributed by atoms with van der Waals surface area (Å²) in [5.74, 6) is 0.496. The van der Waals surface area contributed by atoms with E-state index >= 15 is 0 Å². The Bertz CT molecular complexity index is 1250. The molecule has 172 valence electrons. The molecule has 1 aromatic heterocycles. The van der Waals surface area contributed by atoms with E-state index in [0.29, 0.717) is 21.6 Å². The first-order valence-corrected chi connectivity index (χ1v) is 12.5. The number of nitrogens with one attached hydrogen (secondary N) is 2. The topological polar surface area (TPSA) is 80.3 Å². The van der Waals surface area contributed by atoms with Gasteiger partial charge in [0.05, 0.1) is 11.4 Å². The number of nitrogens with zero attached hydrogens (tertiary/aromatic N) is 1. The van der Waals surface area contributed by atoms with Gasteiger partial charge in [-0.2, -0.15) is 0 Å². The van der Waals surface area contributed by atoms with Gasteiger partial charge in [0.15, 0.2) is 11.7 Å². The average Bonchev–Trinajstić information content (AvgIpc) is 3.32. The van der Waals surface area contributed by atoms with Crippen molar-refractivity contribution in [1.29, 1.82) is 0 Å². The molecule has 34 heavy (non-hydrogen) atoms. The Morgan fingerprint density at radius 1 is 0.912 bits per heavy atom. The van der Waals surface area contributed by atoms with Crippen molar-refractivity contribution in [2.24, 2.45) is 0 Å². The monoisotopic (exact) mass is 509 g/mol. The molecule has 3 aromatic carbocycles. The Kier molecular flexibility index (Phi) is 8.19. The molecule has 0 bridgehead atoms. The van der Waals surface area contributed by atoms with Crippen molar-refractivity contribution in [2.75, 3.05) is 23.0 Å². The molecule has 0 fully saturated rings. The van der Waals surface area contributed by atoms with E-state index in [1.54, 1.807) is 36.4 Å². The minimum atomic E-state index is -0.245. The third-order valence-corrected chi connectivity index (χ3v) is 6.53. The second-order valence-electron chi connectivity index (χ2n) is 7.06. The molecule has 0 saturated carbocycles. The fourth-order valence-electron chi connectivity index (χ4n) is 2.89. The summed E-state index contributed by atoms with van der Waals surface area (Å²) in [6, 6.07) is 23.8. The smallest absolute Gasteiger partial charge is 0.262 e. The quantitative estimate of drug-likeness (QED) is 0.262. The van der Waals surface area contributed by atoms with E-state index in [4.69, 9.17) is 16.3 Å². The number of thioether (sulfide) groups is 1. The van der Waals surface area contributed by atoms with Crippen LogP contribution in [0.25, 0.3) is 11.3 Å². The van der Waals surface area contributed by atoms with E-state index < -0.39 is 0 Å². The summed E-state index contributed by atoms with van der Waals surface area (Å²) in [5, 5.41) is 8.72. The second-order valence-corrected chi connectivity index (χ2v) is 9.40. The van der Waals surface area contributed by atoms with Crippen molar-refractivity contribution in [1.82, 2.24) is 4.98 Å². The summed E-state index contributed by atoms with van der Waals surface area (Å²) in [4.78, 5) is 29.8. The number of carbonyl (C=O) groups is 2. The zero-order valence-electron chi connectivity index (χ0n) is 17.9. The van der Waals surface area contributed by atoms with Gasteiger partial charge >= 0.3 is 0 Å². The highest BCUT2D eigenvalue weighted by Crippen LogP contribution is 2.26. The van der Waals surface area contributed by atoms with Crippen molar-refractivity contribution < 1.29 is 14.3 Å². The van der Waals surface area contributed by atoms with E-state index in [-0.39, 0.29) is 24.2 Å². The van der Waals surface area contributed by atoms with Crippen LogP contribution in [0.3, 0.4) is 0 Å². The molecule has 0 aliphatic heterocycles. The second kappa shape index (κ2) is 11.7. The van der Waals surface area contributed by atoms with Crippen LogP contribution < -0.4 is 15.4 Å². The van der Waals surface area contributed by atoms with Gasteiger partial charge in [-0.25, -0.2) is 4.98 Å². The number of amides is 2. The predicted molar refractivity (Wildman–Crippen MR) is 139 cm³/mol. The highest BCUT2D eigenvalue weighted by atomic mass is 35.5. The molecular formula is C25H20ClN3O3S2.